The van der Waals surface area contributed by atoms with Crippen LogP contribution in [0.15, 0.2) is 29.0 Å². The van der Waals surface area contributed by atoms with Crippen LogP contribution in [0.2, 0.25) is 0 Å². The molecule has 18 heavy (non-hydrogen) atoms. The zero-order chi connectivity index (χ0) is 13.1. The summed E-state index contributed by atoms with van der Waals surface area (Å²) >= 11 is 3.33. The van der Waals surface area contributed by atoms with Gasteiger partial charge in [-0.15, -0.1) is 0 Å². The molecule has 0 bridgehead atoms. The van der Waals surface area contributed by atoms with E-state index < -0.39 is 0 Å². The van der Waals surface area contributed by atoms with Crippen molar-refractivity contribution < 1.29 is 4.39 Å². The Morgan fingerprint density at radius 1 is 1.56 bits per heavy atom. The largest absolute Gasteiger partial charge is 0.271 e. The van der Waals surface area contributed by atoms with Crippen molar-refractivity contribution in [3.8, 4) is 0 Å². The van der Waals surface area contributed by atoms with E-state index in [1.54, 1.807) is 23.9 Å². The van der Waals surface area contributed by atoms with Crippen LogP contribution in [-0.4, -0.2) is 14.8 Å². The summed E-state index contributed by atoms with van der Waals surface area (Å²) in [7, 11) is 1.78. The van der Waals surface area contributed by atoms with Crippen molar-refractivity contribution in [1.29, 1.82) is 0 Å². The molecule has 7 heteroatoms. The maximum atomic E-state index is 13.8. The lowest BCUT2D eigenvalue weighted by molar-refractivity contribution is 0.490. The molecular weight excluding hydrogens is 301 g/mol. The molecule has 1 heterocycles. The summed E-state index contributed by atoms with van der Waals surface area (Å²) in [6, 6.07) is 4.45. The van der Waals surface area contributed by atoms with Crippen LogP contribution in [0.4, 0.5) is 4.39 Å². The first-order valence-electron chi connectivity index (χ1n) is 5.36. The highest BCUT2D eigenvalue weighted by Crippen LogP contribution is 2.27. The molecule has 2 rings (SSSR count). The number of aryl methyl sites for hydroxylation is 1. The van der Waals surface area contributed by atoms with Crippen molar-refractivity contribution in [3.05, 3.63) is 46.2 Å². The predicted octanol–water partition coefficient (Wildman–Crippen LogP) is 1.46. The molecule has 1 atom stereocenters. The van der Waals surface area contributed by atoms with E-state index in [1.807, 2.05) is 0 Å². The molecule has 0 aliphatic carbocycles. The van der Waals surface area contributed by atoms with Crippen molar-refractivity contribution in [3.63, 3.8) is 0 Å². The van der Waals surface area contributed by atoms with Crippen LogP contribution in [0, 0.1) is 5.82 Å². The molecule has 0 saturated carbocycles. The van der Waals surface area contributed by atoms with Crippen molar-refractivity contribution in [2.24, 2.45) is 12.9 Å². The highest BCUT2D eigenvalue weighted by atomic mass is 79.9. The van der Waals surface area contributed by atoms with Gasteiger partial charge in [-0.2, -0.15) is 5.10 Å². The number of nitrogens with one attached hydrogen (secondary N) is 1. The summed E-state index contributed by atoms with van der Waals surface area (Å²) in [6.45, 7) is 0. The molecule has 96 valence electrons. The van der Waals surface area contributed by atoms with E-state index in [4.69, 9.17) is 5.84 Å². The summed E-state index contributed by atoms with van der Waals surface area (Å²) in [5, 5.41) is 3.97. The van der Waals surface area contributed by atoms with Gasteiger partial charge in [0.2, 0.25) is 0 Å². The quantitative estimate of drug-likeness (QED) is 0.662. The van der Waals surface area contributed by atoms with E-state index in [2.05, 4.69) is 31.4 Å². The highest BCUT2D eigenvalue weighted by molar-refractivity contribution is 9.10. The van der Waals surface area contributed by atoms with Crippen molar-refractivity contribution in [1.82, 2.24) is 20.2 Å². The molecule has 0 spiro atoms. The summed E-state index contributed by atoms with van der Waals surface area (Å²) < 4.78 is 16.2. The predicted molar refractivity (Wildman–Crippen MR) is 68.9 cm³/mol. The third-order valence-electron chi connectivity index (χ3n) is 2.74. The normalized spacial score (nSPS) is 12.7. The number of nitrogens with two attached hydrogens (primary N) is 1. The second-order valence-corrected chi connectivity index (χ2v) is 4.71. The lowest BCUT2D eigenvalue weighted by atomic mass is 10.0. The fraction of sp³-hybridized carbons (Fsp3) is 0.273. The van der Waals surface area contributed by atoms with Gasteiger partial charge in [0.05, 0.1) is 6.04 Å². The third-order valence-corrected chi connectivity index (χ3v) is 3.43. The lowest BCUT2D eigenvalue weighted by Gasteiger charge is -2.18. The SMILES string of the molecule is Cn1ncnc1CC(NN)c1c(F)cccc1Br. The maximum Gasteiger partial charge on any atom is 0.138 e. The van der Waals surface area contributed by atoms with Gasteiger partial charge in [-0.25, -0.2) is 9.37 Å². The summed E-state index contributed by atoms with van der Waals surface area (Å²) in [6.07, 6.45) is 1.91. The number of rotatable bonds is 4. The average Bonchev–Trinajstić information content (AvgIpc) is 2.73. The number of halogens is 2. The minimum Gasteiger partial charge on any atom is -0.271 e. The van der Waals surface area contributed by atoms with E-state index in [0.29, 0.717) is 16.5 Å². The van der Waals surface area contributed by atoms with Gasteiger partial charge >= 0.3 is 0 Å². The monoisotopic (exact) mass is 313 g/mol. The number of hydrogen-bond acceptors (Lipinski definition) is 4. The number of benzene rings is 1. The van der Waals surface area contributed by atoms with E-state index >= 15 is 0 Å². The fourth-order valence-corrected chi connectivity index (χ4v) is 2.39. The summed E-state index contributed by atoms with van der Waals surface area (Å²) in [5.74, 6) is 5.93. The number of nitrogens with zero attached hydrogens (tertiary/aromatic N) is 3. The van der Waals surface area contributed by atoms with Gasteiger partial charge in [-0.3, -0.25) is 16.0 Å². The zero-order valence-corrected chi connectivity index (χ0v) is 11.4. The molecule has 1 unspecified atom stereocenters. The van der Waals surface area contributed by atoms with E-state index in [0.717, 1.165) is 5.82 Å². The van der Waals surface area contributed by atoms with Gasteiger partial charge in [-0.05, 0) is 12.1 Å². The van der Waals surface area contributed by atoms with Crippen molar-refractivity contribution in [2.45, 2.75) is 12.5 Å². The van der Waals surface area contributed by atoms with Crippen LogP contribution in [0.25, 0.3) is 0 Å². The first-order chi connectivity index (χ1) is 8.63. The zero-order valence-electron chi connectivity index (χ0n) is 9.77. The van der Waals surface area contributed by atoms with E-state index in [9.17, 15) is 4.39 Å². The molecule has 0 radical (unpaired) electrons. The summed E-state index contributed by atoms with van der Waals surface area (Å²) in [4.78, 5) is 4.11. The number of hydrogen-bond donors (Lipinski definition) is 2. The molecule has 1 aromatic heterocycles. The average molecular weight is 314 g/mol. The standard InChI is InChI=1S/C11H13BrFN5/c1-18-10(15-6-16-18)5-9(17-14)11-7(12)3-2-4-8(11)13/h2-4,6,9,17H,5,14H2,1H3. The Bertz CT molecular complexity index is 522. The second kappa shape index (κ2) is 5.55. The minimum absolute atomic E-state index is 0.311. The second-order valence-electron chi connectivity index (χ2n) is 3.86. The molecule has 1 aromatic carbocycles. The van der Waals surface area contributed by atoms with Gasteiger partial charge in [0, 0.05) is 23.5 Å². The van der Waals surface area contributed by atoms with Gasteiger partial charge in [-0.1, -0.05) is 22.0 Å². The Morgan fingerprint density at radius 3 is 2.89 bits per heavy atom. The van der Waals surface area contributed by atoms with Crippen molar-refractivity contribution >= 4 is 15.9 Å². The van der Waals surface area contributed by atoms with E-state index in [1.165, 1.54) is 12.4 Å². The molecule has 0 aliphatic heterocycles. The molecule has 5 nitrogen and oxygen atoms in total. The molecule has 0 aliphatic rings. The Labute approximate surface area is 112 Å². The lowest BCUT2D eigenvalue weighted by Crippen LogP contribution is -2.31. The minimum atomic E-state index is -0.372. The Hall–Kier alpha value is -1.31. The third kappa shape index (κ3) is 2.58. The molecule has 0 fully saturated rings. The van der Waals surface area contributed by atoms with Crippen LogP contribution in [-0.2, 0) is 13.5 Å². The van der Waals surface area contributed by atoms with E-state index in [-0.39, 0.29) is 11.9 Å². The van der Waals surface area contributed by atoms with Gasteiger partial charge in [0.25, 0.3) is 0 Å². The smallest absolute Gasteiger partial charge is 0.138 e. The number of aromatic nitrogens is 3. The highest BCUT2D eigenvalue weighted by Gasteiger charge is 2.19. The Kier molecular flexibility index (Phi) is 4.05. The fourth-order valence-electron chi connectivity index (χ4n) is 1.78. The van der Waals surface area contributed by atoms with Crippen LogP contribution in [0.3, 0.4) is 0 Å². The van der Waals surface area contributed by atoms with Crippen LogP contribution in [0.5, 0.6) is 0 Å². The van der Waals surface area contributed by atoms with Crippen LogP contribution >= 0.6 is 15.9 Å². The molecule has 0 amide bonds. The molecule has 3 N–H and O–H groups in total. The Morgan fingerprint density at radius 2 is 2.33 bits per heavy atom. The van der Waals surface area contributed by atoms with Crippen molar-refractivity contribution in [2.75, 3.05) is 0 Å². The van der Waals surface area contributed by atoms with Crippen LogP contribution < -0.4 is 11.3 Å². The van der Waals surface area contributed by atoms with Gasteiger partial charge in [0.15, 0.2) is 0 Å². The molecular formula is C11H13BrFN5. The first kappa shape index (κ1) is 13.1. The number of hydrazine groups is 1. The Balaban J connectivity index is 2.32. The molecule has 2 aromatic rings. The van der Waals surface area contributed by atoms with Gasteiger partial charge < -0.3 is 0 Å². The summed E-state index contributed by atoms with van der Waals surface area (Å²) in [5.41, 5.74) is 3.10. The van der Waals surface area contributed by atoms with Gasteiger partial charge in [0.1, 0.15) is 18.0 Å². The maximum absolute atomic E-state index is 13.8. The molecule has 0 saturated heterocycles. The topological polar surface area (TPSA) is 68.8 Å². The first-order valence-corrected chi connectivity index (χ1v) is 6.15. The van der Waals surface area contributed by atoms with Crippen LogP contribution in [0.1, 0.15) is 17.4 Å².